The molecule has 9 heteroatoms. The fourth-order valence-electron chi connectivity index (χ4n) is 3.18. The number of nitrogens with two attached hydrogens (primary N) is 1. The number of nitro groups is 1. The van der Waals surface area contributed by atoms with Gasteiger partial charge in [0, 0.05) is 25.6 Å². The molecule has 1 fully saturated rings. The van der Waals surface area contributed by atoms with Crippen molar-refractivity contribution in [2.75, 3.05) is 23.3 Å². The molecule has 1 aliphatic rings. The van der Waals surface area contributed by atoms with Crippen LogP contribution < -0.4 is 16.0 Å². The van der Waals surface area contributed by atoms with Crippen LogP contribution in [0.2, 0.25) is 0 Å². The Kier molecular flexibility index (Phi) is 5.49. The lowest BCUT2D eigenvalue weighted by Gasteiger charge is -2.30. The number of rotatable bonds is 6. The van der Waals surface area contributed by atoms with E-state index in [0.717, 1.165) is 5.56 Å². The van der Waals surface area contributed by atoms with Crippen molar-refractivity contribution in [2.45, 2.75) is 26.3 Å². The van der Waals surface area contributed by atoms with Crippen LogP contribution in [0.15, 0.2) is 30.3 Å². The van der Waals surface area contributed by atoms with Gasteiger partial charge in [0.1, 0.15) is 5.69 Å². The third kappa shape index (κ3) is 4.30. The molecular weight excluding hydrogens is 348 g/mol. The van der Waals surface area contributed by atoms with Gasteiger partial charge >= 0.3 is 5.69 Å². The van der Waals surface area contributed by atoms with E-state index in [1.807, 2.05) is 35.2 Å². The van der Waals surface area contributed by atoms with Gasteiger partial charge in [-0.3, -0.25) is 14.9 Å². The standard InChI is InChI=1S/C18H22N6O3/c1-12-15(24(26)27)17(20-11-13-5-3-2-4-6-13)22-18(21-12)23-9-7-14(8-10-23)16(19)25/h2-6,14H,7-11H2,1H3,(H2,19,25)(H,20,21,22). The zero-order chi connectivity index (χ0) is 19.4. The molecule has 9 nitrogen and oxygen atoms in total. The topological polar surface area (TPSA) is 127 Å². The Morgan fingerprint density at radius 2 is 1.96 bits per heavy atom. The molecule has 3 N–H and O–H groups in total. The minimum Gasteiger partial charge on any atom is -0.369 e. The van der Waals surface area contributed by atoms with Gasteiger partial charge < -0.3 is 16.0 Å². The summed E-state index contributed by atoms with van der Waals surface area (Å²) in [4.78, 5) is 33.0. The van der Waals surface area contributed by atoms with Crippen LogP contribution in [0.1, 0.15) is 24.1 Å². The first kappa shape index (κ1) is 18.6. The van der Waals surface area contributed by atoms with Crippen molar-refractivity contribution >= 4 is 23.4 Å². The van der Waals surface area contributed by atoms with E-state index in [1.165, 1.54) is 0 Å². The Balaban J connectivity index is 1.83. The van der Waals surface area contributed by atoms with Crippen LogP contribution in [0.4, 0.5) is 17.5 Å². The molecule has 0 saturated carbocycles. The maximum absolute atomic E-state index is 11.5. The highest BCUT2D eigenvalue weighted by Gasteiger charge is 2.28. The van der Waals surface area contributed by atoms with E-state index in [9.17, 15) is 14.9 Å². The first-order valence-corrected chi connectivity index (χ1v) is 8.81. The normalized spacial score (nSPS) is 14.8. The number of piperidine rings is 1. The molecule has 1 aliphatic heterocycles. The van der Waals surface area contributed by atoms with Crippen molar-refractivity contribution in [2.24, 2.45) is 11.7 Å². The summed E-state index contributed by atoms with van der Waals surface area (Å²) in [6, 6.07) is 9.59. The summed E-state index contributed by atoms with van der Waals surface area (Å²) in [5.41, 5.74) is 6.55. The summed E-state index contributed by atoms with van der Waals surface area (Å²) >= 11 is 0. The molecule has 3 rings (SSSR count). The largest absolute Gasteiger partial charge is 0.369 e. The molecule has 0 aliphatic carbocycles. The second-order valence-corrected chi connectivity index (χ2v) is 6.57. The molecule has 0 unspecified atom stereocenters. The van der Waals surface area contributed by atoms with Crippen LogP contribution >= 0.6 is 0 Å². The number of carbonyl (C=O) groups excluding carboxylic acids is 1. The lowest BCUT2D eigenvalue weighted by atomic mass is 9.96. The Morgan fingerprint density at radius 3 is 2.56 bits per heavy atom. The van der Waals surface area contributed by atoms with E-state index in [2.05, 4.69) is 15.3 Å². The molecule has 0 bridgehead atoms. The maximum Gasteiger partial charge on any atom is 0.332 e. The van der Waals surface area contributed by atoms with Crippen LogP contribution in [0.25, 0.3) is 0 Å². The number of hydrogen-bond donors (Lipinski definition) is 2. The summed E-state index contributed by atoms with van der Waals surface area (Å²) in [5, 5.41) is 14.5. The summed E-state index contributed by atoms with van der Waals surface area (Å²) in [7, 11) is 0. The third-order valence-electron chi connectivity index (χ3n) is 4.71. The van der Waals surface area contributed by atoms with E-state index in [-0.39, 0.29) is 23.3 Å². The predicted molar refractivity (Wildman–Crippen MR) is 101 cm³/mol. The van der Waals surface area contributed by atoms with Crippen LogP contribution in [0.3, 0.4) is 0 Å². The van der Waals surface area contributed by atoms with Crippen molar-refractivity contribution in [1.82, 2.24) is 9.97 Å². The molecule has 2 aromatic rings. The molecule has 0 radical (unpaired) electrons. The lowest BCUT2D eigenvalue weighted by Crippen LogP contribution is -2.39. The molecule has 1 amide bonds. The molecule has 1 aromatic carbocycles. The zero-order valence-corrected chi connectivity index (χ0v) is 15.1. The SMILES string of the molecule is Cc1nc(N2CCC(C(N)=O)CC2)nc(NCc2ccccc2)c1[N+](=O)[O-]. The fourth-order valence-corrected chi connectivity index (χ4v) is 3.18. The number of nitrogens with zero attached hydrogens (tertiary/aromatic N) is 4. The summed E-state index contributed by atoms with van der Waals surface area (Å²) in [6.45, 7) is 3.19. The van der Waals surface area contributed by atoms with E-state index in [1.54, 1.807) is 6.92 Å². The maximum atomic E-state index is 11.5. The van der Waals surface area contributed by atoms with Gasteiger partial charge in [0.05, 0.1) is 4.92 Å². The number of primary amides is 1. The molecule has 1 saturated heterocycles. The molecular formula is C18H22N6O3. The third-order valence-corrected chi connectivity index (χ3v) is 4.71. The van der Waals surface area contributed by atoms with Gasteiger partial charge in [0.2, 0.25) is 17.7 Å². The van der Waals surface area contributed by atoms with Crippen molar-refractivity contribution < 1.29 is 9.72 Å². The van der Waals surface area contributed by atoms with Gasteiger partial charge in [-0.25, -0.2) is 4.98 Å². The highest BCUT2D eigenvalue weighted by Crippen LogP contribution is 2.29. The number of aromatic nitrogens is 2. The van der Waals surface area contributed by atoms with Crippen LogP contribution in [0.5, 0.6) is 0 Å². The Morgan fingerprint density at radius 1 is 1.30 bits per heavy atom. The number of benzene rings is 1. The minimum atomic E-state index is -0.467. The average Bonchev–Trinajstić information content (AvgIpc) is 2.66. The number of hydrogen-bond acceptors (Lipinski definition) is 7. The van der Waals surface area contributed by atoms with Crippen molar-refractivity contribution in [1.29, 1.82) is 0 Å². The average molecular weight is 370 g/mol. The molecule has 0 atom stereocenters. The van der Waals surface area contributed by atoms with Gasteiger partial charge in [-0.1, -0.05) is 30.3 Å². The molecule has 142 valence electrons. The number of amides is 1. The summed E-state index contributed by atoms with van der Waals surface area (Å²) in [5.74, 6) is 0.191. The van der Waals surface area contributed by atoms with E-state index in [0.29, 0.717) is 44.1 Å². The highest BCUT2D eigenvalue weighted by molar-refractivity contribution is 5.77. The molecule has 27 heavy (non-hydrogen) atoms. The lowest BCUT2D eigenvalue weighted by molar-refractivity contribution is -0.385. The number of nitrogens with one attached hydrogen (secondary N) is 1. The van der Waals surface area contributed by atoms with E-state index < -0.39 is 4.92 Å². The summed E-state index contributed by atoms with van der Waals surface area (Å²) in [6.07, 6.45) is 1.25. The zero-order valence-electron chi connectivity index (χ0n) is 15.1. The second-order valence-electron chi connectivity index (χ2n) is 6.57. The minimum absolute atomic E-state index is 0.123. The summed E-state index contributed by atoms with van der Waals surface area (Å²) < 4.78 is 0. The van der Waals surface area contributed by atoms with Crippen LogP contribution in [0, 0.1) is 23.0 Å². The Bertz CT molecular complexity index is 834. The predicted octanol–water partition coefficient (Wildman–Crippen LogP) is 2.01. The monoisotopic (exact) mass is 370 g/mol. The smallest absolute Gasteiger partial charge is 0.332 e. The van der Waals surface area contributed by atoms with Crippen molar-refractivity contribution in [3.63, 3.8) is 0 Å². The van der Waals surface area contributed by atoms with Gasteiger partial charge in [0.15, 0.2) is 0 Å². The quantitative estimate of drug-likeness (QED) is 0.588. The van der Waals surface area contributed by atoms with Crippen molar-refractivity contribution in [3.8, 4) is 0 Å². The van der Waals surface area contributed by atoms with Crippen LogP contribution in [-0.4, -0.2) is 33.9 Å². The fraction of sp³-hybridized carbons (Fsp3) is 0.389. The van der Waals surface area contributed by atoms with E-state index in [4.69, 9.17) is 5.73 Å². The number of carbonyl (C=O) groups is 1. The first-order chi connectivity index (χ1) is 13.0. The number of anilines is 2. The van der Waals surface area contributed by atoms with Crippen molar-refractivity contribution in [3.05, 3.63) is 51.7 Å². The second kappa shape index (κ2) is 7.98. The van der Waals surface area contributed by atoms with Gasteiger partial charge in [0.25, 0.3) is 0 Å². The Labute approximate surface area is 156 Å². The molecule has 0 spiro atoms. The molecule has 2 heterocycles. The van der Waals surface area contributed by atoms with Crippen LogP contribution in [-0.2, 0) is 11.3 Å². The molecule has 1 aromatic heterocycles. The van der Waals surface area contributed by atoms with Gasteiger partial charge in [-0.2, -0.15) is 4.98 Å². The van der Waals surface area contributed by atoms with Gasteiger partial charge in [-0.15, -0.1) is 0 Å². The number of aryl methyl sites for hydroxylation is 1. The van der Waals surface area contributed by atoms with E-state index >= 15 is 0 Å². The Hall–Kier alpha value is -3.23. The highest BCUT2D eigenvalue weighted by atomic mass is 16.6. The van der Waals surface area contributed by atoms with Gasteiger partial charge in [-0.05, 0) is 25.3 Å². The first-order valence-electron chi connectivity index (χ1n) is 8.81.